The first-order valence-corrected chi connectivity index (χ1v) is 13.0. The highest BCUT2D eigenvalue weighted by molar-refractivity contribution is 6.04. The molecule has 0 spiro atoms. The van der Waals surface area contributed by atoms with E-state index in [1.807, 2.05) is 29.7 Å². The lowest BCUT2D eigenvalue weighted by Crippen LogP contribution is -2.13. The van der Waals surface area contributed by atoms with E-state index in [9.17, 15) is 18.0 Å². The Balaban J connectivity index is 1.55. The Hall–Kier alpha value is -5.04. The summed E-state index contributed by atoms with van der Waals surface area (Å²) in [5, 5.41) is 16.6. The minimum atomic E-state index is -4.51. The molecule has 0 aliphatic carbocycles. The maximum Gasteiger partial charge on any atom is 0.416 e. The van der Waals surface area contributed by atoms with E-state index in [2.05, 4.69) is 39.7 Å². The first-order valence-electron chi connectivity index (χ1n) is 13.0. The predicted molar refractivity (Wildman–Crippen MR) is 155 cm³/mol. The summed E-state index contributed by atoms with van der Waals surface area (Å²) in [6.07, 6.45) is 4.05. The molecule has 10 heteroatoms. The van der Waals surface area contributed by atoms with Crippen LogP contribution in [0.5, 0.6) is 0 Å². The van der Waals surface area contributed by atoms with Crippen molar-refractivity contribution in [3.8, 4) is 11.8 Å². The predicted octanol–water partition coefficient (Wildman–Crippen LogP) is 6.61. The number of unbranched alkanes of at least 4 members (excludes halogenated alkanes) is 1. The van der Waals surface area contributed by atoms with Gasteiger partial charge < -0.3 is 21.4 Å². The van der Waals surface area contributed by atoms with E-state index in [0.717, 1.165) is 37.1 Å². The van der Waals surface area contributed by atoms with E-state index in [0.29, 0.717) is 28.3 Å². The van der Waals surface area contributed by atoms with Crippen LogP contribution in [0.1, 0.15) is 52.5 Å². The molecule has 0 aliphatic heterocycles. The van der Waals surface area contributed by atoms with Crippen LogP contribution in [0.15, 0.2) is 78.9 Å². The molecule has 2 heterocycles. The van der Waals surface area contributed by atoms with Gasteiger partial charge in [0.15, 0.2) is 5.65 Å². The molecule has 0 saturated heterocycles. The number of hydrogen-bond acceptors (Lipinski definition) is 5. The summed E-state index contributed by atoms with van der Waals surface area (Å²) in [7, 11) is 0. The number of carbonyl (C=O) groups excluding carboxylic acids is 1. The molecule has 4 rings (SSSR count). The fourth-order valence-electron chi connectivity index (χ4n) is 3.94. The first kappa shape index (κ1) is 29.0. The van der Waals surface area contributed by atoms with E-state index < -0.39 is 17.6 Å². The molecule has 0 fully saturated rings. The Labute approximate surface area is 236 Å². The highest BCUT2D eigenvalue weighted by Crippen LogP contribution is 2.30. The Morgan fingerprint density at radius 2 is 1.93 bits per heavy atom. The third kappa shape index (κ3) is 7.33. The van der Waals surface area contributed by atoms with Crippen LogP contribution in [0.25, 0.3) is 5.65 Å². The lowest BCUT2D eigenvalue weighted by Gasteiger charge is -2.10. The summed E-state index contributed by atoms with van der Waals surface area (Å²) in [6, 6.07) is 13.1. The fraction of sp³-hybridized carbons (Fsp3) is 0.194. The number of fused-ring (bicyclic) bond motifs is 1. The van der Waals surface area contributed by atoms with Crippen molar-refractivity contribution < 1.29 is 18.0 Å². The molecule has 0 atom stereocenters. The third-order valence-electron chi connectivity index (χ3n) is 6.18. The van der Waals surface area contributed by atoms with Crippen molar-refractivity contribution in [3.63, 3.8) is 0 Å². The van der Waals surface area contributed by atoms with Gasteiger partial charge in [-0.1, -0.05) is 31.4 Å². The van der Waals surface area contributed by atoms with Crippen LogP contribution in [0.4, 0.5) is 24.5 Å². The molecule has 2 aromatic carbocycles. The number of nitrogens with one attached hydrogen (secondary N) is 4. The Morgan fingerprint density at radius 3 is 2.68 bits per heavy atom. The van der Waals surface area contributed by atoms with Crippen LogP contribution in [-0.4, -0.2) is 28.1 Å². The largest absolute Gasteiger partial charge is 0.416 e. The number of pyridine rings is 1. The smallest absolute Gasteiger partial charge is 0.389 e. The van der Waals surface area contributed by atoms with Crippen LogP contribution >= 0.6 is 0 Å². The van der Waals surface area contributed by atoms with Crippen molar-refractivity contribution in [2.75, 3.05) is 17.2 Å². The molecule has 0 aliphatic rings. The standard InChI is InChI=1S/C31H29F3N6O/c1-3-4-14-36-19-26(18-35)38-28-9-6-15-40-27(20-37-29(28)40)13-12-22-16-23(11-10-21(22)2)30(41)39-25-8-5-7-24(17-25)31(32,33)34/h5-11,15-20,35-36,38H,3-4,14H2,1-2H3,(H,39,41)/b26-19+,35-18?. The number of anilines is 2. The molecule has 41 heavy (non-hydrogen) atoms. The minimum absolute atomic E-state index is 0.0472. The topological polar surface area (TPSA) is 94.3 Å². The summed E-state index contributed by atoms with van der Waals surface area (Å²) in [5.74, 6) is 5.65. The van der Waals surface area contributed by atoms with Gasteiger partial charge in [0.2, 0.25) is 0 Å². The van der Waals surface area contributed by atoms with Gasteiger partial charge in [0.1, 0.15) is 5.69 Å². The van der Waals surface area contributed by atoms with Gasteiger partial charge in [-0.15, -0.1) is 0 Å². The number of benzene rings is 2. The van der Waals surface area contributed by atoms with Gasteiger partial charge >= 0.3 is 6.18 Å². The number of hydrogen-bond donors (Lipinski definition) is 4. The average Bonchev–Trinajstić information content (AvgIpc) is 3.37. The second-order valence-corrected chi connectivity index (χ2v) is 9.25. The van der Waals surface area contributed by atoms with Crippen LogP contribution < -0.4 is 16.0 Å². The Morgan fingerprint density at radius 1 is 1.10 bits per heavy atom. The zero-order chi connectivity index (χ0) is 29.4. The molecule has 0 bridgehead atoms. The zero-order valence-corrected chi connectivity index (χ0v) is 22.6. The molecule has 2 aromatic heterocycles. The molecular formula is C31H29F3N6O. The lowest BCUT2D eigenvalue weighted by atomic mass is 10.0. The van der Waals surface area contributed by atoms with Gasteiger partial charge in [0, 0.05) is 42.0 Å². The van der Waals surface area contributed by atoms with E-state index in [4.69, 9.17) is 5.41 Å². The number of amides is 1. The molecular weight excluding hydrogens is 529 g/mol. The third-order valence-corrected chi connectivity index (χ3v) is 6.18. The second kappa shape index (κ2) is 12.9. The number of imidazole rings is 1. The molecule has 0 saturated carbocycles. The maximum atomic E-state index is 13.0. The van der Waals surface area contributed by atoms with Crippen molar-refractivity contribution in [3.05, 3.63) is 107 Å². The Bertz CT molecular complexity index is 1660. The normalized spacial score (nSPS) is 11.5. The number of aromatic nitrogens is 2. The second-order valence-electron chi connectivity index (χ2n) is 9.25. The monoisotopic (exact) mass is 558 g/mol. The van der Waals surface area contributed by atoms with E-state index in [1.165, 1.54) is 18.3 Å². The number of aryl methyl sites for hydroxylation is 1. The number of carbonyl (C=O) groups is 1. The van der Waals surface area contributed by atoms with Crippen molar-refractivity contribution in [1.29, 1.82) is 5.41 Å². The van der Waals surface area contributed by atoms with Crippen molar-refractivity contribution >= 4 is 29.1 Å². The number of allylic oxidation sites excluding steroid dienone is 1. The van der Waals surface area contributed by atoms with E-state index in [1.54, 1.807) is 30.6 Å². The molecule has 1 amide bonds. The van der Waals surface area contributed by atoms with Crippen molar-refractivity contribution in [2.24, 2.45) is 0 Å². The number of nitrogens with zero attached hydrogens (tertiary/aromatic N) is 2. The van der Waals surface area contributed by atoms with Gasteiger partial charge in [-0.25, -0.2) is 4.98 Å². The van der Waals surface area contributed by atoms with E-state index >= 15 is 0 Å². The van der Waals surface area contributed by atoms with E-state index in [-0.39, 0.29) is 11.3 Å². The fourth-order valence-corrected chi connectivity index (χ4v) is 3.94. The number of halogens is 3. The summed E-state index contributed by atoms with van der Waals surface area (Å²) >= 11 is 0. The van der Waals surface area contributed by atoms with Crippen LogP contribution in [0.2, 0.25) is 0 Å². The van der Waals surface area contributed by atoms with Gasteiger partial charge in [0.25, 0.3) is 5.91 Å². The highest BCUT2D eigenvalue weighted by atomic mass is 19.4. The molecule has 7 nitrogen and oxygen atoms in total. The minimum Gasteiger partial charge on any atom is -0.389 e. The van der Waals surface area contributed by atoms with Crippen LogP contribution in [0, 0.1) is 24.2 Å². The van der Waals surface area contributed by atoms with Crippen molar-refractivity contribution in [1.82, 2.24) is 14.7 Å². The first-order chi connectivity index (χ1) is 19.7. The van der Waals surface area contributed by atoms with Crippen molar-refractivity contribution in [2.45, 2.75) is 32.9 Å². The molecule has 0 unspecified atom stereocenters. The maximum absolute atomic E-state index is 13.0. The molecule has 4 N–H and O–H groups in total. The molecule has 4 aromatic rings. The molecule has 210 valence electrons. The summed E-state index contributed by atoms with van der Waals surface area (Å²) in [5.41, 5.74) is 3.43. The quantitative estimate of drug-likeness (QED) is 0.106. The SMILES string of the molecule is CCCCN/C=C(\C=N)Nc1cccn2c(C#Cc3cc(C(=O)Nc4cccc(C(F)(F)F)c4)ccc3C)cnc12. The highest BCUT2D eigenvalue weighted by Gasteiger charge is 2.30. The zero-order valence-electron chi connectivity index (χ0n) is 22.6. The summed E-state index contributed by atoms with van der Waals surface area (Å²) in [4.78, 5) is 17.3. The molecule has 0 radical (unpaired) electrons. The Kier molecular flexibility index (Phi) is 9.09. The summed E-state index contributed by atoms with van der Waals surface area (Å²) in [6.45, 7) is 4.78. The van der Waals surface area contributed by atoms with Gasteiger partial charge in [-0.05, 0) is 67.3 Å². The summed E-state index contributed by atoms with van der Waals surface area (Å²) < 4.78 is 40.9. The van der Waals surface area contributed by atoms with Crippen LogP contribution in [-0.2, 0) is 6.18 Å². The number of rotatable bonds is 9. The van der Waals surface area contributed by atoms with Gasteiger partial charge in [-0.2, -0.15) is 13.2 Å². The number of alkyl halides is 3. The van der Waals surface area contributed by atoms with Crippen LogP contribution in [0.3, 0.4) is 0 Å². The lowest BCUT2D eigenvalue weighted by molar-refractivity contribution is -0.137. The average molecular weight is 559 g/mol. The van der Waals surface area contributed by atoms with Gasteiger partial charge in [-0.3, -0.25) is 9.20 Å². The van der Waals surface area contributed by atoms with Gasteiger partial charge in [0.05, 0.1) is 23.1 Å².